The average molecular weight is 344 g/mol. The fourth-order valence-electron chi connectivity index (χ4n) is 0. The van der Waals surface area contributed by atoms with Crippen LogP contribution in [0.15, 0.2) is 0 Å². The molecule has 0 saturated heterocycles. The summed E-state index contributed by atoms with van der Waals surface area (Å²) in [5.74, 6) is 0. The van der Waals surface area contributed by atoms with Crippen LogP contribution < -0.4 is 19.2 Å². The Morgan fingerprint density at radius 1 is 0.778 bits per heavy atom. The first kappa shape index (κ1) is 15.9. The van der Waals surface area contributed by atoms with E-state index >= 15 is 0 Å². The molecule has 0 N–H and O–H groups in total. The summed E-state index contributed by atoms with van der Waals surface area (Å²) >= 11 is 0. The Bertz CT molecular complexity index is 69.1. The predicted molar refractivity (Wildman–Crippen MR) is 12.9 cm³/mol. The Labute approximate surface area is 66.9 Å². The van der Waals surface area contributed by atoms with Crippen LogP contribution in [0, 0.1) is 0 Å². The second kappa shape index (κ2) is 10.8. The molecule has 0 amide bonds. The maximum absolute atomic E-state index is 8.52. The molecule has 0 aliphatic carbocycles. The van der Waals surface area contributed by atoms with Crippen LogP contribution in [-0.2, 0) is 29.0 Å². The Balaban J connectivity index is -0.0000000720. The summed E-state index contributed by atoms with van der Waals surface area (Å²) in [6.07, 6.45) is 0. The van der Waals surface area contributed by atoms with Crippen molar-refractivity contribution < 1.29 is 48.2 Å². The first-order valence-corrected chi connectivity index (χ1v) is 3.67. The molecule has 0 spiro atoms. The van der Waals surface area contributed by atoms with E-state index in [0.29, 0.717) is 0 Å². The molecule has 0 fully saturated rings. The van der Waals surface area contributed by atoms with Crippen molar-refractivity contribution in [1.29, 1.82) is 0 Å². The second-order valence-corrected chi connectivity index (χ2v) is 1.50. The summed E-state index contributed by atoms with van der Waals surface area (Å²) in [4.78, 5) is 34.1. The molecule has 1 radical (unpaired) electrons. The summed E-state index contributed by atoms with van der Waals surface area (Å²) in [6.45, 7) is 0. The van der Waals surface area contributed by atoms with Crippen molar-refractivity contribution >= 4 is 18.3 Å². The van der Waals surface area contributed by atoms with Gasteiger partial charge in [0.15, 0.2) is 0 Å². The van der Waals surface area contributed by atoms with Gasteiger partial charge in [-0.1, -0.05) is 0 Å². The van der Waals surface area contributed by atoms with Crippen molar-refractivity contribution in [2.45, 2.75) is 0 Å². The van der Waals surface area contributed by atoms with Crippen molar-refractivity contribution in [3.8, 4) is 0 Å². The molecule has 0 atom stereocenters. The van der Waals surface area contributed by atoms with E-state index in [1.807, 2.05) is 0 Å². The number of hydrogen-bond donors (Lipinski definition) is 0. The minimum absolute atomic E-state index is 0. The summed E-state index contributed by atoms with van der Waals surface area (Å²) in [5.41, 5.74) is 0. The normalized spacial score (nSPS) is 5.33. The van der Waals surface area contributed by atoms with Gasteiger partial charge in [-0.25, -0.2) is 0 Å². The van der Waals surface area contributed by atoms with Crippen molar-refractivity contribution in [2.24, 2.45) is 0 Å². The molecular weight excluding hydrogens is 344 g/mol. The van der Waals surface area contributed by atoms with E-state index in [1.165, 1.54) is 0 Å². The molecular formula is IrO6Si2-4. The van der Waals surface area contributed by atoms with E-state index < -0.39 is 18.3 Å². The van der Waals surface area contributed by atoms with Crippen LogP contribution >= 0.6 is 0 Å². The largest absolute Gasteiger partial charge is 0.672 e. The van der Waals surface area contributed by atoms with Crippen LogP contribution in [0.5, 0.6) is 0 Å². The number of rotatable bonds is 0. The van der Waals surface area contributed by atoms with Gasteiger partial charge in [-0.3, -0.25) is 0 Å². The van der Waals surface area contributed by atoms with Gasteiger partial charge < -0.3 is 28.1 Å². The average Bonchev–Trinajstić information content (AvgIpc) is 1.25. The van der Waals surface area contributed by atoms with E-state index in [-0.39, 0.29) is 20.1 Å². The summed E-state index contributed by atoms with van der Waals surface area (Å²) < 4.78 is 17.0. The summed E-state index contributed by atoms with van der Waals surface area (Å²) in [7, 11) is -7.26. The van der Waals surface area contributed by atoms with Crippen LogP contribution in [0.2, 0.25) is 0 Å². The van der Waals surface area contributed by atoms with Crippen molar-refractivity contribution in [2.75, 3.05) is 0 Å². The summed E-state index contributed by atoms with van der Waals surface area (Å²) in [6, 6.07) is 0. The minimum Gasteiger partial charge on any atom is -0.672 e. The molecule has 0 bridgehead atoms. The molecule has 9 heavy (non-hydrogen) atoms. The molecule has 0 unspecified atom stereocenters. The zero-order valence-electron chi connectivity index (χ0n) is 3.78. The fraction of sp³-hybridized carbons (Fsp3) is 0. The van der Waals surface area contributed by atoms with Gasteiger partial charge in [-0.15, -0.1) is 0 Å². The number of hydrogen-bond acceptors (Lipinski definition) is 6. The van der Waals surface area contributed by atoms with Gasteiger partial charge in [0, 0.05) is 38.4 Å². The maximum atomic E-state index is 8.52. The van der Waals surface area contributed by atoms with Crippen LogP contribution in [0.1, 0.15) is 0 Å². The van der Waals surface area contributed by atoms with Crippen molar-refractivity contribution in [1.82, 2.24) is 0 Å². The van der Waals surface area contributed by atoms with Crippen molar-refractivity contribution in [3.05, 3.63) is 0 Å². The van der Waals surface area contributed by atoms with E-state index in [9.17, 15) is 0 Å². The van der Waals surface area contributed by atoms with Crippen LogP contribution in [0.25, 0.3) is 0 Å². The zero-order chi connectivity index (χ0) is 7.15. The molecule has 0 heterocycles. The smallest absolute Gasteiger partial charge is 0.0172 e. The topological polar surface area (TPSA) is 126 Å². The Morgan fingerprint density at radius 3 is 0.778 bits per heavy atom. The Hall–Kier alpha value is -0.117. The molecule has 6 nitrogen and oxygen atoms in total. The van der Waals surface area contributed by atoms with Gasteiger partial charge in [0.2, 0.25) is 0 Å². The third-order valence-corrected chi connectivity index (χ3v) is 0. The quantitative estimate of drug-likeness (QED) is 0.403. The van der Waals surface area contributed by atoms with Crippen LogP contribution in [0.4, 0.5) is 0 Å². The van der Waals surface area contributed by atoms with Crippen LogP contribution in [-0.4, -0.2) is 18.3 Å². The molecule has 0 saturated carbocycles. The molecule has 0 rings (SSSR count). The SMILES string of the molecule is O=[Si]([O-])[O-].O=[Si]([O-])[O-].[Ir]. The van der Waals surface area contributed by atoms with Gasteiger partial charge in [-0.2, -0.15) is 0 Å². The first-order valence-electron chi connectivity index (χ1n) is 1.22. The molecule has 57 valence electrons. The summed E-state index contributed by atoms with van der Waals surface area (Å²) in [5, 5.41) is 0. The van der Waals surface area contributed by atoms with Gasteiger partial charge in [-0.05, 0) is 0 Å². The zero-order valence-corrected chi connectivity index (χ0v) is 8.18. The molecule has 9 heteroatoms. The van der Waals surface area contributed by atoms with E-state index in [1.54, 1.807) is 0 Å². The molecule has 0 aromatic carbocycles. The minimum atomic E-state index is -3.63. The standard InChI is InChI=1S/Ir.2O3Si/c;2*1-4(2)3/q;2*-2. The Morgan fingerprint density at radius 2 is 0.778 bits per heavy atom. The molecule has 0 aromatic heterocycles. The van der Waals surface area contributed by atoms with E-state index in [0.717, 1.165) is 0 Å². The third kappa shape index (κ3) is 20000. The predicted octanol–water partition coefficient (Wildman–Crippen LogP) is -5.76. The monoisotopic (exact) mass is 345 g/mol. The third-order valence-electron chi connectivity index (χ3n) is 0. The van der Waals surface area contributed by atoms with Gasteiger partial charge in [0.1, 0.15) is 0 Å². The van der Waals surface area contributed by atoms with E-state index in [4.69, 9.17) is 28.1 Å². The van der Waals surface area contributed by atoms with Crippen LogP contribution in [0.3, 0.4) is 0 Å². The van der Waals surface area contributed by atoms with E-state index in [2.05, 4.69) is 0 Å². The Kier molecular flexibility index (Phi) is 19.1. The maximum Gasteiger partial charge on any atom is 0.0172 e. The molecule has 0 aliphatic heterocycles. The first-order chi connectivity index (χ1) is 3.46. The molecule has 0 aliphatic rings. The second-order valence-electron chi connectivity index (χ2n) is 0.500. The van der Waals surface area contributed by atoms with Gasteiger partial charge in [0.05, 0.1) is 0 Å². The fourth-order valence-corrected chi connectivity index (χ4v) is 0. The van der Waals surface area contributed by atoms with Gasteiger partial charge in [0.25, 0.3) is 0 Å². The molecule has 0 aromatic rings. The van der Waals surface area contributed by atoms with Crippen molar-refractivity contribution in [3.63, 3.8) is 0 Å². The van der Waals surface area contributed by atoms with Gasteiger partial charge >= 0.3 is 0 Å².